The zero-order chi connectivity index (χ0) is 20.1. The van der Waals surface area contributed by atoms with Crippen molar-refractivity contribution in [3.05, 3.63) is 56.1 Å². The first-order valence-corrected chi connectivity index (χ1v) is 10.6. The molecule has 3 aromatic rings. The van der Waals surface area contributed by atoms with Gasteiger partial charge in [-0.2, -0.15) is 5.10 Å². The van der Waals surface area contributed by atoms with Crippen molar-refractivity contribution in [3.8, 4) is 10.7 Å². The zero-order valence-electron chi connectivity index (χ0n) is 17.2. The number of thiophene rings is 1. The van der Waals surface area contributed by atoms with Crippen molar-refractivity contribution in [2.75, 3.05) is 6.54 Å². The lowest BCUT2D eigenvalue weighted by Crippen LogP contribution is -2.35. The van der Waals surface area contributed by atoms with E-state index in [1.54, 1.807) is 11.3 Å². The second-order valence-electron chi connectivity index (χ2n) is 8.51. The molecule has 0 bridgehead atoms. The Morgan fingerprint density at radius 1 is 1.29 bits per heavy atom. The summed E-state index contributed by atoms with van der Waals surface area (Å²) < 4.78 is 2.11. The van der Waals surface area contributed by atoms with E-state index in [-0.39, 0.29) is 11.1 Å². The summed E-state index contributed by atoms with van der Waals surface area (Å²) in [7, 11) is 0. The number of hydrogen-bond donors (Lipinski definition) is 1. The molecule has 0 saturated heterocycles. The number of fused-ring (bicyclic) bond motifs is 1. The molecule has 1 N–H and O–H groups in total. The summed E-state index contributed by atoms with van der Waals surface area (Å²) in [6.07, 6.45) is 0.795. The molecule has 0 unspecified atom stereocenters. The van der Waals surface area contributed by atoms with Gasteiger partial charge in [0.05, 0.1) is 27.4 Å². The summed E-state index contributed by atoms with van der Waals surface area (Å²) in [6, 6.07) is 3.96. The monoisotopic (exact) mass is 397 g/mol. The molecular formula is C21H27N5OS. The molecule has 7 heteroatoms. The summed E-state index contributed by atoms with van der Waals surface area (Å²) in [5, 5.41) is 6.76. The third-order valence-electron chi connectivity index (χ3n) is 5.36. The van der Waals surface area contributed by atoms with Crippen LogP contribution in [-0.4, -0.2) is 31.2 Å². The highest BCUT2D eigenvalue weighted by Crippen LogP contribution is 2.26. The van der Waals surface area contributed by atoms with E-state index >= 15 is 0 Å². The summed E-state index contributed by atoms with van der Waals surface area (Å²) >= 11 is 1.59. The van der Waals surface area contributed by atoms with Crippen LogP contribution in [0.15, 0.2) is 22.3 Å². The Bertz CT molecular complexity index is 1060. The van der Waals surface area contributed by atoms with Crippen LogP contribution in [0.25, 0.3) is 10.7 Å². The van der Waals surface area contributed by atoms with Crippen LogP contribution in [0.4, 0.5) is 0 Å². The van der Waals surface area contributed by atoms with Crippen LogP contribution < -0.4 is 5.56 Å². The maximum atomic E-state index is 12.7. The van der Waals surface area contributed by atoms with Gasteiger partial charge in [0.2, 0.25) is 0 Å². The van der Waals surface area contributed by atoms with E-state index in [1.807, 2.05) is 17.5 Å². The van der Waals surface area contributed by atoms with Crippen molar-refractivity contribution >= 4 is 11.3 Å². The van der Waals surface area contributed by atoms with Crippen molar-refractivity contribution in [2.45, 2.75) is 59.7 Å². The lowest BCUT2D eigenvalue weighted by atomic mass is 10.0. The molecule has 28 heavy (non-hydrogen) atoms. The van der Waals surface area contributed by atoms with E-state index in [0.717, 1.165) is 41.3 Å². The minimum absolute atomic E-state index is 0.0167. The summed E-state index contributed by atoms with van der Waals surface area (Å²) in [4.78, 5) is 23.8. The van der Waals surface area contributed by atoms with Gasteiger partial charge in [-0.05, 0) is 46.1 Å². The molecule has 0 spiro atoms. The van der Waals surface area contributed by atoms with Gasteiger partial charge >= 0.3 is 0 Å². The summed E-state index contributed by atoms with van der Waals surface area (Å²) in [5.41, 5.74) is 5.21. The third-order valence-corrected chi connectivity index (χ3v) is 6.24. The van der Waals surface area contributed by atoms with Crippen molar-refractivity contribution in [2.24, 2.45) is 0 Å². The highest BCUT2D eigenvalue weighted by molar-refractivity contribution is 7.13. The van der Waals surface area contributed by atoms with Crippen LogP contribution >= 0.6 is 11.3 Å². The van der Waals surface area contributed by atoms with Gasteiger partial charge in [-0.25, -0.2) is 4.98 Å². The predicted molar refractivity (Wildman–Crippen MR) is 113 cm³/mol. The second kappa shape index (κ2) is 6.97. The fourth-order valence-corrected chi connectivity index (χ4v) is 4.60. The number of aromatic nitrogens is 4. The van der Waals surface area contributed by atoms with Crippen molar-refractivity contribution < 1.29 is 0 Å². The maximum Gasteiger partial charge on any atom is 0.255 e. The molecular weight excluding hydrogens is 370 g/mol. The number of H-pyrrole nitrogens is 1. The van der Waals surface area contributed by atoms with Crippen LogP contribution in [0.5, 0.6) is 0 Å². The molecule has 1 aliphatic rings. The minimum Gasteiger partial charge on any atom is -0.306 e. The first-order chi connectivity index (χ1) is 13.2. The van der Waals surface area contributed by atoms with E-state index in [1.165, 1.54) is 11.3 Å². The standard InChI is InChI=1S/C21H27N5OS/c1-13-15(14(2)26(24-13)21(3,4)5)11-25-9-8-17-16(12-25)20(27)23-19(22-17)18-7-6-10-28-18/h6-7,10H,8-9,11-12H2,1-5H3,(H,22,23,27). The van der Waals surface area contributed by atoms with Crippen LogP contribution in [-0.2, 0) is 25.0 Å². The summed E-state index contributed by atoms with van der Waals surface area (Å²) in [5.74, 6) is 0.686. The van der Waals surface area contributed by atoms with Gasteiger partial charge in [0.1, 0.15) is 0 Å². The largest absolute Gasteiger partial charge is 0.306 e. The SMILES string of the molecule is Cc1nn(C(C)(C)C)c(C)c1CN1CCc2nc(-c3cccs3)[nH]c(=O)c2C1. The normalized spacial score (nSPS) is 15.0. The Morgan fingerprint density at radius 3 is 2.71 bits per heavy atom. The van der Waals surface area contributed by atoms with Gasteiger partial charge < -0.3 is 4.98 Å². The fraction of sp³-hybridized carbons (Fsp3) is 0.476. The van der Waals surface area contributed by atoms with E-state index in [9.17, 15) is 4.79 Å². The molecule has 0 amide bonds. The number of rotatable bonds is 3. The van der Waals surface area contributed by atoms with Crippen molar-refractivity contribution in [1.29, 1.82) is 0 Å². The number of hydrogen-bond acceptors (Lipinski definition) is 5. The van der Waals surface area contributed by atoms with Crippen molar-refractivity contribution in [3.63, 3.8) is 0 Å². The Balaban J connectivity index is 1.59. The van der Waals surface area contributed by atoms with E-state index in [4.69, 9.17) is 10.1 Å². The van der Waals surface area contributed by atoms with Gasteiger partial charge in [0, 0.05) is 37.3 Å². The van der Waals surface area contributed by atoms with Crippen LogP contribution in [0.2, 0.25) is 0 Å². The summed E-state index contributed by atoms with van der Waals surface area (Å²) in [6.45, 7) is 13.1. The highest BCUT2D eigenvalue weighted by atomic mass is 32.1. The number of aryl methyl sites for hydroxylation is 1. The Kier molecular flexibility index (Phi) is 4.75. The third kappa shape index (κ3) is 3.44. The second-order valence-corrected chi connectivity index (χ2v) is 9.46. The first-order valence-electron chi connectivity index (χ1n) is 9.68. The average Bonchev–Trinajstić information content (AvgIpc) is 3.26. The van der Waals surface area contributed by atoms with Crippen LogP contribution in [0.3, 0.4) is 0 Å². The smallest absolute Gasteiger partial charge is 0.255 e. The van der Waals surface area contributed by atoms with Gasteiger partial charge in [-0.3, -0.25) is 14.4 Å². The number of nitrogens with zero attached hydrogens (tertiary/aromatic N) is 4. The van der Waals surface area contributed by atoms with Gasteiger partial charge in [0.15, 0.2) is 5.82 Å². The molecule has 148 valence electrons. The molecule has 1 aliphatic heterocycles. The Morgan fingerprint density at radius 2 is 2.07 bits per heavy atom. The molecule has 6 nitrogen and oxygen atoms in total. The average molecular weight is 398 g/mol. The molecule has 0 saturated carbocycles. The fourth-order valence-electron chi connectivity index (χ4n) is 3.93. The lowest BCUT2D eigenvalue weighted by molar-refractivity contribution is 0.240. The first kappa shape index (κ1) is 19.1. The predicted octanol–water partition coefficient (Wildman–Crippen LogP) is 3.63. The molecule has 0 atom stereocenters. The number of aromatic amines is 1. The van der Waals surface area contributed by atoms with Gasteiger partial charge in [0.25, 0.3) is 5.56 Å². The topological polar surface area (TPSA) is 66.8 Å². The van der Waals surface area contributed by atoms with Gasteiger partial charge in [-0.15, -0.1) is 11.3 Å². The van der Waals surface area contributed by atoms with Crippen LogP contribution in [0.1, 0.15) is 49.0 Å². The molecule has 0 aromatic carbocycles. The van der Waals surface area contributed by atoms with Crippen molar-refractivity contribution in [1.82, 2.24) is 24.6 Å². The van der Waals surface area contributed by atoms with E-state index in [2.05, 4.69) is 49.2 Å². The molecule has 0 radical (unpaired) electrons. The Labute approximate surface area is 169 Å². The Hall–Kier alpha value is -2.25. The number of nitrogens with one attached hydrogen (secondary N) is 1. The van der Waals surface area contributed by atoms with E-state index in [0.29, 0.717) is 12.4 Å². The molecule has 0 aliphatic carbocycles. The molecule has 3 aromatic heterocycles. The lowest BCUT2D eigenvalue weighted by Gasteiger charge is -2.28. The maximum absolute atomic E-state index is 12.7. The van der Waals surface area contributed by atoms with Crippen LogP contribution in [0, 0.1) is 13.8 Å². The molecule has 4 heterocycles. The zero-order valence-corrected chi connectivity index (χ0v) is 18.0. The van der Waals surface area contributed by atoms with Gasteiger partial charge in [-0.1, -0.05) is 6.07 Å². The van der Waals surface area contributed by atoms with E-state index < -0.39 is 0 Å². The minimum atomic E-state index is -0.0408. The molecule has 4 rings (SSSR count). The molecule has 0 fully saturated rings. The highest BCUT2D eigenvalue weighted by Gasteiger charge is 2.25. The quantitative estimate of drug-likeness (QED) is 0.733.